The number of anilines is 3. The smallest absolute Gasteiger partial charge is 0.294 e. The molecular weight excluding hydrogens is 472 g/mol. The van der Waals surface area contributed by atoms with E-state index in [1.54, 1.807) is 24.4 Å². The lowest BCUT2D eigenvalue weighted by Gasteiger charge is -2.15. The topological polar surface area (TPSA) is 134 Å². The number of nitrogens with one attached hydrogen (secondary N) is 2. The van der Waals surface area contributed by atoms with Gasteiger partial charge in [0, 0.05) is 55.6 Å². The molecule has 0 atom stereocenters. The fourth-order valence-electron chi connectivity index (χ4n) is 4.21. The standard InChI is InChI=1S/C26H28N8O3/c1-16-15-33(4)25-18(14-27)10-17(11-19(16)25)20-6-7-29-26(30-20)31-22-12-23(34(35)36)21(13-24(22)37-5)28-8-9-32(2)3/h6-7,10-13,15,28H,8-9H2,1-5H3,(H,29,30,31). The normalized spacial score (nSPS) is 10.9. The summed E-state index contributed by atoms with van der Waals surface area (Å²) in [6, 6.07) is 10.8. The number of hydrogen-bond donors (Lipinski definition) is 2. The van der Waals surface area contributed by atoms with E-state index in [9.17, 15) is 15.4 Å². The Kier molecular flexibility index (Phi) is 7.22. The molecule has 2 aromatic heterocycles. The first-order valence-corrected chi connectivity index (χ1v) is 11.6. The molecule has 37 heavy (non-hydrogen) atoms. The first-order chi connectivity index (χ1) is 17.7. The minimum atomic E-state index is -0.444. The van der Waals surface area contributed by atoms with E-state index in [1.165, 1.54) is 13.2 Å². The van der Waals surface area contributed by atoms with Crippen LogP contribution < -0.4 is 15.4 Å². The van der Waals surface area contributed by atoms with E-state index in [-0.39, 0.29) is 11.6 Å². The predicted molar refractivity (Wildman–Crippen MR) is 143 cm³/mol. The van der Waals surface area contributed by atoms with Crippen LogP contribution in [0, 0.1) is 28.4 Å². The third-order valence-corrected chi connectivity index (χ3v) is 5.98. The molecule has 0 fully saturated rings. The van der Waals surface area contributed by atoms with Crippen molar-refractivity contribution >= 4 is 33.9 Å². The van der Waals surface area contributed by atoms with Crippen molar-refractivity contribution in [2.24, 2.45) is 7.05 Å². The molecule has 0 amide bonds. The molecule has 0 aliphatic carbocycles. The highest BCUT2D eigenvalue weighted by molar-refractivity contribution is 5.92. The molecule has 190 valence electrons. The first kappa shape index (κ1) is 25.4. The number of rotatable bonds is 9. The van der Waals surface area contributed by atoms with Crippen molar-refractivity contribution in [3.05, 3.63) is 64.0 Å². The Labute approximate surface area is 214 Å². The highest BCUT2D eigenvalue weighted by atomic mass is 16.6. The van der Waals surface area contributed by atoms with Crippen LogP contribution in [-0.2, 0) is 7.05 Å². The quantitative estimate of drug-likeness (QED) is 0.252. The molecule has 2 N–H and O–H groups in total. The van der Waals surface area contributed by atoms with E-state index in [0.29, 0.717) is 41.5 Å². The number of aromatic nitrogens is 3. The number of benzene rings is 2. The van der Waals surface area contributed by atoms with Crippen LogP contribution in [0.15, 0.2) is 42.7 Å². The Bertz CT molecular complexity index is 1520. The lowest BCUT2D eigenvalue weighted by Crippen LogP contribution is -2.21. The zero-order valence-electron chi connectivity index (χ0n) is 21.4. The number of nitrogens with zero attached hydrogens (tertiary/aromatic N) is 6. The maximum Gasteiger partial charge on any atom is 0.294 e. The highest BCUT2D eigenvalue weighted by Gasteiger charge is 2.20. The van der Waals surface area contributed by atoms with Gasteiger partial charge in [0.05, 0.1) is 34.5 Å². The molecule has 0 bridgehead atoms. The van der Waals surface area contributed by atoms with Crippen molar-refractivity contribution in [1.82, 2.24) is 19.4 Å². The first-order valence-electron chi connectivity index (χ1n) is 11.6. The Balaban J connectivity index is 1.70. The Morgan fingerprint density at radius 3 is 2.70 bits per heavy atom. The van der Waals surface area contributed by atoms with E-state index in [2.05, 4.69) is 26.7 Å². The van der Waals surface area contributed by atoms with Crippen molar-refractivity contribution in [2.75, 3.05) is 44.9 Å². The maximum atomic E-state index is 11.8. The number of methoxy groups -OCH3 is 1. The summed E-state index contributed by atoms with van der Waals surface area (Å²) in [6.07, 6.45) is 3.58. The van der Waals surface area contributed by atoms with Gasteiger partial charge >= 0.3 is 0 Å². The number of fused-ring (bicyclic) bond motifs is 1. The largest absolute Gasteiger partial charge is 0.494 e. The van der Waals surface area contributed by atoms with Gasteiger partial charge in [-0.25, -0.2) is 9.97 Å². The lowest BCUT2D eigenvalue weighted by molar-refractivity contribution is -0.383. The van der Waals surface area contributed by atoms with Gasteiger partial charge in [0.25, 0.3) is 5.69 Å². The summed E-state index contributed by atoms with van der Waals surface area (Å²) in [5, 5.41) is 28.7. The van der Waals surface area contributed by atoms with Crippen LogP contribution in [-0.4, -0.2) is 58.7 Å². The summed E-state index contributed by atoms with van der Waals surface area (Å²) in [5.41, 5.74) is 4.47. The average Bonchev–Trinajstić information content (AvgIpc) is 3.16. The van der Waals surface area contributed by atoms with Crippen molar-refractivity contribution in [2.45, 2.75) is 6.92 Å². The third kappa shape index (κ3) is 5.29. The van der Waals surface area contributed by atoms with Gasteiger partial charge in [-0.3, -0.25) is 10.1 Å². The summed E-state index contributed by atoms with van der Waals surface area (Å²) in [4.78, 5) is 22.2. The average molecular weight is 501 g/mol. The Morgan fingerprint density at radius 1 is 1.24 bits per heavy atom. The summed E-state index contributed by atoms with van der Waals surface area (Å²) in [7, 11) is 7.27. The molecule has 0 spiro atoms. The van der Waals surface area contributed by atoms with E-state index in [1.807, 2.05) is 49.8 Å². The number of hydrogen-bond acceptors (Lipinski definition) is 9. The number of ether oxygens (including phenoxy) is 1. The maximum absolute atomic E-state index is 11.8. The number of nitro benzene ring substituents is 1. The Morgan fingerprint density at radius 2 is 2.03 bits per heavy atom. The number of likely N-dealkylation sites (N-methyl/N-ethyl adjacent to an activating group) is 1. The molecular formula is C26H28N8O3. The molecule has 0 aliphatic rings. The highest BCUT2D eigenvalue weighted by Crippen LogP contribution is 2.37. The van der Waals surface area contributed by atoms with Gasteiger partial charge in [0.2, 0.25) is 5.95 Å². The molecule has 4 rings (SSSR count). The van der Waals surface area contributed by atoms with Crippen molar-refractivity contribution < 1.29 is 9.66 Å². The summed E-state index contributed by atoms with van der Waals surface area (Å²) < 4.78 is 7.44. The second-order valence-corrected chi connectivity index (χ2v) is 8.90. The van der Waals surface area contributed by atoms with Crippen molar-refractivity contribution in [1.29, 1.82) is 5.26 Å². The minimum absolute atomic E-state index is 0.0955. The number of nitriles is 1. The molecule has 0 unspecified atom stereocenters. The second-order valence-electron chi connectivity index (χ2n) is 8.90. The number of nitro groups is 1. The second kappa shape index (κ2) is 10.5. The fraction of sp³-hybridized carbons (Fsp3) is 0.269. The molecule has 0 radical (unpaired) electrons. The van der Waals surface area contributed by atoms with Crippen LogP contribution in [0.5, 0.6) is 5.75 Å². The lowest BCUT2D eigenvalue weighted by atomic mass is 10.0. The summed E-state index contributed by atoms with van der Waals surface area (Å²) in [6.45, 7) is 3.24. The molecule has 2 heterocycles. The zero-order chi connectivity index (χ0) is 26.7. The Hall–Kier alpha value is -4.69. The zero-order valence-corrected chi connectivity index (χ0v) is 21.4. The minimum Gasteiger partial charge on any atom is -0.494 e. The number of aryl methyl sites for hydroxylation is 2. The summed E-state index contributed by atoms with van der Waals surface area (Å²) in [5.74, 6) is 0.641. The van der Waals surface area contributed by atoms with E-state index in [0.717, 1.165) is 22.0 Å². The molecule has 4 aromatic rings. The predicted octanol–water partition coefficient (Wildman–Crippen LogP) is 4.45. The van der Waals surface area contributed by atoms with Crippen molar-refractivity contribution in [3.8, 4) is 23.1 Å². The van der Waals surface area contributed by atoms with Gasteiger partial charge in [-0.15, -0.1) is 0 Å². The molecule has 11 nitrogen and oxygen atoms in total. The molecule has 11 heteroatoms. The van der Waals surface area contributed by atoms with Crippen LogP contribution in [0.25, 0.3) is 22.2 Å². The monoisotopic (exact) mass is 500 g/mol. The van der Waals surface area contributed by atoms with Crippen LogP contribution in [0.3, 0.4) is 0 Å². The molecule has 0 aliphatic heterocycles. The van der Waals surface area contributed by atoms with Crippen LogP contribution >= 0.6 is 0 Å². The van der Waals surface area contributed by atoms with Gasteiger partial charge in [0.15, 0.2) is 0 Å². The molecule has 2 aromatic carbocycles. The SMILES string of the molecule is COc1cc(NCCN(C)C)c([N+](=O)[O-])cc1Nc1nccc(-c2cc(C#N)c3c(c2)c(C)cn3C)n1. The molecule has 0 saturated heterocycles. The summed E-state index contributed by atoms with van der Waals surface area (Å²) >= 11 is 0. The van der Waals surface area contributed by atoms with Crippen LogP contribution in [0.4, 0.5) is 23.0 Å². The fourth-order valence-corrected chi connectivity index (χ4v) is 4.21. The van der Waals surface area contributed by atoms with E-state index >= 15 is 0 Å². The van der Waals surface area contributed by atoms with Gasteiger partial charge in [-0.05, 0) is 44.8 Å². The third-order valence-electron chi connectivity index (χ3n) is 5.98. The van der Waals surface area contributed by atoms with Crippen molar-refractivity contribution in [3.63, 3.8) is 0 Å². The van der Waals surface area contributed by atoms with Crippen LogP contribution in [0.1, 0.15) is 11.1 Å². The molecule has 0 saturated carbocycles. The van der Waals surface area contributed by atoms with Gasteiger partial charge < -0.3 is 24.8 Å². The van der Waals surface area contributed by atoms with E-state index < -0.39 is 4.92 Å². The van der Waals surface area contributed by atoms with Gasteiger partial charge in [-0.1, -0.05) is 0 Å². The van der Waals surface area contributed by atoms with E-state index in [4.69, 9.17) is 4.74 Å². The van der Waals surface area contributed by atoms with Gasteiger partial charge in [-0.2, -0.15) is 5.26 Å². The van der Waals surface area contributed by atoms with Gasteiger partial charge in [0.1, 0.15) is 17.5 Å². The van der Waals surface area contributed by atoms with Crippen LogP contribution in [0.2, 0.25) is 0 Å².